The largest absolute Gasteiger partial charge is 0.501 e. The van der Waals surface area contributed by atoms with Crippen LogP contribution in [0.25, 0.3) is 10.9 Å². The number of hydrogen-bond donors (Lipinski definition) is 1. The summed E-state index contributed by atoms with van der Waals surface area (Å²) >= 11 is 0. The maximum absolute atomic E-state index is 12.3. The lowest BCUT2D eigenvalue weighted by Crippen LogP contribution is -2.22. The number of aromatic hydroxyl groups is 1. The molecule has 0 aliphatic rings. The lowest BCUT2D eigenvalue weighted by atomic mass is 10.1. The number of fused-ring (bicyclic) bond motifs is 1. The van der Waals surface area contributed by atoms with E-state index in [2.05, 4.69) is 4.98 Å². The summed E-state index contributed by atoms with van der Waals surface area (Å²) in [5, 5.41) is 21.1. The summed E-state index contributed by atoms with van der Waals surface area (Å²) < 4.78 is 25.6. The highest BCUT2D eigenvalue weighted by Crippen LogP contribution is 2.38. The van der Waals surface area contributed by atoms with Gasteiger partial charge in [-0.3, -0.25) is 10.1 Å². The molecule has 0 radical (unpaired) electrons. The molecule has 2 rings (SSSR count). The van der Waals surface area contributed by atoms with E-state index in [-0.39, 0.29) is 15.8 Å². The topological polar surface area (TPSA) is 114 Å². The second-order valence-corrected chi connectivity index (χ2v) is 6.76. The van der Waals surface area contributed by atoms with E-state index in [1.54, 1.807) is 13.0 Å². The van der Waals surface area contributed by atoms with Crippen LogP contribution in [0, 0.1) is 17.0 Å². The normalized spacial score (nSPS) is 12.0. The molecule has 0 atom stereocenters. The van der Waals surface area contributed by atoms with Gasteiger partial charge >= 0.3 is 5.69 Å². The van der Waals surface area contributed by atoms with Gasteiger partial charge in [0.15, 0.2) is 0 Å². The van der Waals surface area contributed by atoms with Crippen molar-refractivity contribution in [1.82, 2.24) is 9.29 Å². The minimum absolute atomic E-state index is 0.107. The molecular formula is C12H13N3O5S. The van der Waals surface area contributed by atoms with Gasteiger partial charge in [0.2, 0.25) is 15.8 Å². The van der Waals surface area contributed by atoms with E-state index in [0.717, 1.165) is 10.4 Å². The van der Waals surface area contributed by atoms with Crippen molar-refractivity contribution in [3.05, 3.63) is 34.0 Å². The quantitative estimate of drug-likeness (QED) is 0.677. The van der Waals surface area contributed by atoms with Gasteiger partial charge < -0.3 is 5.11 Å². The van der Waals surface area contributed by atoms with E-state index in [1.807, 2.05) is 0 Å². The van der Waals surface area contributed by atoms with Crippen LogP contribution in [0.15, 0.2) is 23.1 Å². The Morgan fingerprint density at radius 2 is 1.95 bits per heavy atom. The van der Waals surface area contributed by atoms with Crippen LogP contribution in [0.3, 0.4) is 0 Å². The minimum Gasteiger partial charge on any atom is -0.501 e. The number of nitro groups is 1. The fraction of sp³-hybridized carbons (Fsp3) is 0.250. The van der Waals surface area contributed by atoms with E-state index >= 15 is 0 Å². The summed E-state index contributed by atoms with van der Waals surface area (Å²) in [7, 11) is -1.27. The van der Waals surface area contributed by atoms with E-state index in [0.29, 0.717) is 5.69 Å². The lowest BCUT2D eigenvalue weighted by molar-refractivity contribution is -0.385. The summed E-state index contributed by atoms with van der Waals surface area (Å²) in [5.41, 5.74) is -0.294. The van der Waals surface area contributed by atoms with Gasteiger partial charge in [-0.1, -0.05) is 0 Å². The van der Waals surface area contributed by atoms with Crippen molar-refractivity contribution < 1.29 is 18.4 Å². The average Bonchev–Trinajstić information content (AvgIpc) is 2.38. The van der Waals surface area contributed by atoms with Gasteiger partial charge in [-0.05, 0) is 19.1 Å². The molecule has 0 aliphatic carbocycles. The van der Waals surface area contributed by atoms with Crippen LogP contribution in [-0.4, -0.2) is 41.8 Å². The van der Waals surface area contributed by atoms with Crippen molar-refractivity contribution in [3.63, 3.8) is 0 Å². The van der Waals surface area contributed by atoms with Crippen LogP contribution < -0.4 is 0 Å². The second-order valence-electron chi connectivity index (χ2n) is 4.64. The number of benzene rings is 1. The van der Waals surface area contributed by atoms with Crippen molar-refractivity contribution in [2.24, 2.45) is 0 Å². The third kappa shape index (κ3) is 2.41. The zero-order valence-corrected chi connectivity index (χ0v) is 12.4. The van der Waals surface area contributed by atoms with Gasteiger partial charge in [-0.15, -0.1) is 0 Å². The third-order valence-electron chi connectivity index (χ3n) is 2.99. The molecule has 0 amide bonds. The molecule has 0 fully saturated rings. The number of rotatable bonds is 3. The van der Waals surface area contributed by atoms with Crippen molar-refractivity contribution in [1.29, 1.82) is 0 Å². The Hall–Kier alpha value is -2.26. The summed E-state index contributed by atoms with van der Waals surface area (Å²) in [4.78, 5) is 13.9. The number of nitrogens with zero attached hydrogens (tertiary/aromatic N) is 3. The summed E-state index contributed by atoms with van der Waals surface area (Å²) in [5.74, 6) is -0.642. The molecule has 1 heterocycles. The Morgan fingerprint density at radius 3 is 2.48 bits per heavy atom. The molecule has 2 aromatic rings. The van der Waals surface area contributed by atoms with Crippen molar-refractivity contribution in [2.45, 2.75) is 11.8 Å². The highest BCUT2D eigenvalue weighted by Gasteiger charge is 2.28. The molecule has 1 N–H and O–H groups in total. The van der Waals surface area contributed by atoms with Crippen LogP contribution in [0.4, 0.5) is 5.69 Å². The fourth-order valence-corrected chi connectivity index (χ4v) is 2.97. The fourth-order valence-electron chi connectivity index (χ4n) is 1.88. The van der Waals surface area contributed by atoms with Crippen LogP contribution in [0.5, 0.6) is 5.75 Å². The molecule has 0 saturated heterocycles. The molecule has 8 nitrogen and oxygen atoms in total. The van der Waals surface area contributed by atoms with Gasteiger partial charge in [0.1, 0.15) is 5.52 Å². The zero-order valence-electron chi connectivity index (χ0n) is 11.6. The number of aryl methyl sites for hydroxylation is 1. The molecule has 0 unspecified atom stereocenters. The SMILES string of the molecule is Cc1ccc2c(S(=O)(=O)N(C)C)cc([N+](=O)[O-])c(O)c2n1. The molecule has 9 heteroatoms. The van der Waals surface area contributed by atoms with Crippen LogP contribution >= 0.6 is 0 Å². The second kappa shape index (κ2) is 4.93. The number of pyridine rings is 1. The summed E-state index contributed by atoms with van der Waals surface area (Å²) in [6.07, 6.45) is 0. The maximum Gasteiger partial charge on any atom is 0.314 e. The number of nitro benzene ring substituents is 1. The standard InChI is InChI=1S/C12H13N3O5S/c1-7-4-5-8-10(21(19,20)14(2)3)6-9(15(17)18)12(16)11(8)13-7/h4-6,16H,1-3H3. The summed E-state index contributed by atoms with van der Waals surface area (Å²) in [6, 6.07) is 3.89. The first-order valence-corrected chi connectivity index (χ1v) is 7.30. The maximum atomic E-state index is 12.3. The molecule has 1 aromatic carbocycles. The molecule has 0 spiro atoms. The number of phenols is 1. The highest BCUT2D eigenvalue weighted by atomic mass is 32.2. The molecule has 0 aliphatic heterocycles. The van der Waals surface area contributed by atoms with Crippen molar-refractivity contribution in [3.8, 4) is 5.75 Å². The first-order chi connectivity index (χ1) is 9.66. The zero-order chi connectivity index (χ0) is 15.9. The monoisotopic (exact) mass is 311 g/mol. The number of hydrogen-bond acceptors (Lipinski definition) is 6. The Balaban J connectivity index is 3.01. The molecule has 0 bridgehead atoms. The average molecular weight is 311 g/mol. The van der Waals surface area contributed by atoms with Crippen molar-refractivity contribution in [2.75, 3.05) is 14.1 Å². The van der Waals surface area contributed by atoms with Gasteiger partial charge in [0.05, 0.1) is 9.82 Å². The van der Waals surface area contributed by atoms with Crippen molar-refractivity contribution >= 4 is 26.6 Å². The van der Waals surface area contributed by atoms with Crippen LogP contribution in [-0.2, 0) is 10.0 Å². The van der Waals surface area contributed by atoms with E-state index < -0.39 is 26.4 Å². The lowest BCUT2D eigenvalue weighted by Gasteiger charge is -2.14. The third-order valence-corrected chi connectivity index (χ3v) is 4.85. The highest BCUT2D eigenvalue weighted by molar-refractivity contribution is 7.89. The smallest absolute Gasteiger partial charge is 0.314 e. The predicted octanol–water partition coefficient (Wildman–Crippen LogP) is 1.41. The first kappa shape index (κ1) is 15.1. The number of aromatic nitrogens is 1. The molecule has 0 saturated carbocycles. The predicted molar refractivity (Wildman–Crippen MR) is 75.7 cm³/mol. The van der Waals surface area contributed by atoms with Crippen LogP contribution in [0.1, 0.15) is 5.69 Å². The molecular weight excluding hydrogens is 298 g/mol. The Morgan fingerprint density at radius 1 is 1.33 bits per heavy atom. The molecule has 21 heavy (non-hydrogen) atoms. The number of phenolic OH excluding ortho intramolecular Hbond substituents is 1. The Labute approximate surface area is 120 Å². The van der Waals surface area contributed by atoms with E-state index in [4.69, 9.17) is 0 Å². The first-order valence-electron chi connectivity index (χ1n) is 5.86. The van der Waals surface area contributed by atoms with Gasteiger partial charge in [-0.2, -0.15) is 0 Å². The summed E-state index contributed by atoms with van der Waals surface area (Å²) in [6.45, 7) is 1.64. The molecule has 1 aromatic heterocycles. The van der Waals surface area contributed by atoms with Gasteiger partial charge in [-0.25, -0.2) is 17.7 Å². The number of sulfonamides is 1. The molecule has 112 valence electrons. The van der Waals surface area contributed by atoms with E-state index in [1.165, 1.54) is 20.2 Å². The Kier molecular flexibility index (Phi) is 3.56. The van der Waals surface area contributed by atoms with Crippen LogP contribution in [0.2, 0.25) is 0 Å². The van der Waals surface area contributed by atoms with Gasteiger partial charge in [0, 0.05) is 31.2 Å². The Bertz CT molecular complexity index is 846. The van der Waals surface area contributed by atoms with Gasteiger partial charge in [0.25, 0.3) is 0 Å². The minimum atomic E-state index is -3.91. The van der Waals surface area contributed by atoms with E-state index in [9.17, 15) is 23.6 Å².